The van der Waals surface area contributed by atoms with Crippen LogP contribution in [0.4, 0.5) is 0 Å². The van der Waals surface area contributed by atoms with E-state index in [0.717, 1.165) is 36.4 Å². The third-order valence-electron chi connectivity index (χ3n) is 5.07. The molecule has 1 saturated heterocycles. The summed E-state index contributed by atoms with van der Waals surface area (Å²) in [5.41, 5.74) is 3.62. The molecule has 0 saturated carbocycles. The van der Waals surface area contributed by atoms with Crippen LogP contribution >= 0.6 is 0 Å². The number of hydrogen-bond donors (Lipinski definition) is 0. The van der Waals surface area contributed by atoms with Gasteiger partial charge in [-0.05, 0) is 57.4 Å². The maximum absolute atomic E-state index is 13.4. The molecule has 1 amide bonds. The highest BCUT2D eigenvalue weighted by molar-refractivity contribution is 6.06. The molecule has 4 rings (SSSR count). The number of ether oxygens (including phenoxy) is 1. The molecule has 27 heavy (non-hydrogen) atoms. The van der Waals surface area contributed by atoms with Gasteiger partial charge in [-0.1, -0.05) is 17.3 Å². The lowest BCUT2D eigenvalue weighted by atomic mass is 10.0. The third kappa shape index (κ3) is 3.16. The van der Waals surface area contributed by atoms with Crippen molar-refractivity contribution in [3.05, 3.63) is 52.8 Å². The molecule has 6 nitrogen and oxygen atoms in total. The van der Waals surface area contributed by atoms with Crippen LogP contribution in [0, 0.1) is 13.8 Å². The number of hydrogen-bond acceptors (Lipinski definition) is 5. The minimum absolute atomic E-state index is 0.00758. The van der Waals surface area contributed by atoms with Gasteiger partial charge in [-0.2, -0.15) is 0 Å². The Morgan fingerprint density at radius 2 is 2.07 bits per heavy atom. The molecule has 1 atom stereocenters. The van der Waals surface area contributed by atoms with Crippen molar-refractivity contribution in [3.63, 3.8) is 0 Å². The number of amides is 1. The van der Waals surface area contributed by atoms with Crippen molar-refractivity contribution < 1.29 is 14.1 Å². The Morgan fingerprint density at radius 1 is 1.30 bits per heavy atom. The van der Waals surface area contributed by atoms with Crippen LogP contribution in [0.15, 0.2) is 34.9 Å². The fourth-order valence-electron chi connectivity index (χ4n) is 3.85. The Balaban J connectivity index is 1.68. The molecule has 1 aliphatic rings. The molecule has 1 aromatic carbocycles. The normalized spacial score (nSPS) is 16.9. The largest absolute Gasteiger partial charge is 0.494 e. The molecule has 3 heterocycles. The first-order valence-corrected chi connectivity index (χ1v) is 9.36. The molecule has 0 bridgehead atoms. The average molecular weight is 365 g/mol. The van der Waals surface area contributed by atoms with Crippen molar-refractivity contribution in [2.24, 2.45) is 0 Å². The van der Waals surface area contributed by atoms with Crippen molar-refractivity contribution in [1.82, 2.24) is 15.0 Å². The molecule has 3 aromatic rings. The standard InChI is InChI=1S/C21H23N3O3/c1-4-26-16-9-7-15(8-10-16)18-6-5-11-24(18)21(25)17-12-13(2)22-20-19(17)14(3)23-27-20/h7-10,12,18H,4-6,11H2,1-3H3/t18-/m0/s1. The Labute approximate surface area is 158 Å². The van der Waals surface area contributed by atoms with E-state index in [1.165, 1.54) is 0 Å². The number of pyridine rings is 1. The van der Waals surface area contributed by atoms with Gasteiger partial charge in [-0.25, -0.2) is 4.98 Å². The highest BCUT2D eigenvalue weighted by Gasteiger charge is 2.32. The molecule has 0 unspecified atom stereocenters. The van der Waals surface area contributed by atoms with Gasteiger partial charge in [-0.15, -0.1) is 0 Å². The van der Waals surface area contributed by atoms with Crippen LogP contribution in [0.25, 0.3) is 11.1 Å². The van der Waals surface area contributed by atoms with E-state index in [1.54, 1.807) is 0 Å². The number of benzene rings is 1. The van der Waals surface area contributed by atoms with Gasteiger partial charge in [0.15, 0.2) is 0 Å². The number of carbonyl (C=O) groups is 1. The van der Waals surface area contributed by atoms with Crippen molar-refractivity contribution in [1.29, 1.82) is 0 Å². The first-order valence-electron chi connectivity index (χ1n) is 9.36. The molecule has 6 heteroatoms. The van der Waals surface area contributed by atoms with Crippen molar-refractivity contribution in [2.75, 3.05) is 13.2 Å². The fourth-order valence-corrected chi connectivity index (χ4v) is 3.85. The highest BCUT2D eigenvalue weighted by Crippen LogP contribution is 2.35. The van der Waals surface area contributed by atoms with Crippen LogP contribution in [-0.4, -0.2) is 34.1 Å². The number of aromatic nitrogens is 2. The second kappa shape index (κ2) is 7.02. The Hall–Kier alpha value is -2.89. The van der Waals surface area contributed by atoms with Gasteiger partial charge in [-0.3, -0.25) is 4.79 Å². The number of aryl methyl sites for hydroxylation is 2. The van der Waals surface area contributed by atoms with Gasteiger partial charge in [0.1, 0.15) is 5.75 Å². The van der Waals surface area contributed by atoms with Crippen molar-refractivity contribution >= 4 is 17.0 Å². The lowest BCUT2D eigenvalue weighted by Gasteiger charge is -2.25. The summed E-state index contributed by atoms with van der Waals surface area (Å²) in [6, 6.07) is 9.95. The quantitative estimate of drug-likeness (QED) is 0.692. The van der Waals surface area contributed by atoms with Crippen molar-refractivity contribution in [2.45, 2.75) is 39.7 Å². The molecule has 2 aromatic heterocycles. The van der Waals surface area contributed by atoms with Crippen molar-refractivity contribution in [3.8, 4) is 5.75 Å². The van der Waals surface area contributed by atoms with Gasteiger partial charge in [0.2, 0.25) is 0 Å². The summed E-state index contributed by atoms with van der Waals surface area (Å²) in [6.07, 6.45) is 1.94. The molecule has 0 aliphatic carbocycles. The second-order valence-corrected chi connectivity index (χ2v) is 6.92. The Bertz CT molecular complexity index is 978. The lowest BCUT2D eigenvalue weighted by molar-refractivity contribution is 0.0737. The smallest absolute Gasteiger partial charge is 0.258 e. The van der Waals surface area contributed by atoms with Crippen LogP contribution in [0.3, 0.4) is 0 Å². The monoisotopic (exact) mass is 365 g/mol. The topological polar surface area (TPSA) is 68.5 Å². The van der Waals surface area contributed by atoms with Gasteiger partial charge in [0, 0.05) is 12.2 Å². The Morgan fingerprint density at radius 3 is 2.81 bits per heavy atom. The van der Waals surface area contributed by atoms with Crippen LogP contribution < -0.4 is 4.74 Å². The number of carbonyl (C=O) groups excluding carboxylic acids is 1. The van der Waals surface area contributed by atoms with E-state index in [9.17, 15) is 4.79 Å². The van der Waals surface area contributed by atoms with Crippen LogP contribution in [0.5, 0.6) is 5.75 Å². The van der Waals surface area contributed by atoms with E-state index in [0.29, 0.717) is 29.0 Å². The molecule has 0 N–H and O–H groups in total. The molecular weight excluding hydrogens is 342 g/mol. The summed E-state index contributed by atoms with van der Waals surface area (Å²) in [4.78, 5) is 19.7. The second-order valence-electron chi connectivity index (χ2n) is 6.92. The van der Waals surface area contributed by atoms with E-state index in [2.05, 4.69) is 22.3 Å². The number of likely N-dealkylation sites (tertiary alicyclic amines) is 1. The molecule has 1 fully saturated rings. The predicted octanol–water partition coefficient (Wildman–Crippen LogP) is 4.22. The molecule has 0 spiro atoms. The zero-order valence-electron chi connectivity index (χ0n) is 15.9. The summed E-state index contributed by atoms with van der Waals surface area (Å²) in [7, 11) is 0. The summed E-state index contributed by atoms with van der Waals surface area (Å²) < 4.78 is 10.8. The highest BCUT2D eigenvalue weighted by atomic mass is 16.5. The number of nitrogens with zero attached hydrogens (tertiary/aromatic N) is 3. The maximum atomic E-state index is 13.4. The van der Waals surface area contributed by atoms with Gasteiger partial charge < -0.3 is 14.2 Å². The van der Waals surface area contributed by atoms with Gasteiger partial charge in [0.25, 0.3) is 11.6 Å². The van der Waals surface area contributed by atoms with Crippen LogP contribution in [-0.2, 0) is 0 Å². The third-order valence-corrected chi connectivity index (χ3v) is 5.07. The lowest BCUT2D eigenvalue weighted by Crippen LogP contribution is -2.30. The SMILES string of the molecule is CCOc1ccc([C@@H]2CCCN2C(=O)c2cc(C)nc3onc(C)c23)cc1. The summed E-state index contributed by atoms with van der Waals surface area (Å²) >= 11 is 0. The molecular formula is C21H23N3O3. The zero-order valence-corrected chi connectivity index (χ0v) is 15.9. The van der Waals surface area contributed by atoms with E-state index in [4.69, 9.17) is 9.26 Å². The van der Waals surface area contributed by atoms with E-state index < -0.39 is 0 Å². The average Bonchev–Trinajstić information content (AvgIpc) is 3.29. The minimum atomic E-state index is 0.00758. The number of fused-ring (bicyclic) bond motifs is 1. The molecule has 1 aliphatic heterocycles. The van der Waals surface area contributed by atoms with Gasteiger partial charge >= 0.3 is 0 Å². The zero-order chi connectivity index (χ0) is 19.0. The summed E-state index contributed by atoms with van der Waals surface area (Å²) in [5.74, 6) is 0.858. The van der Waals surface area contributed by atoms with E-state index in [-0.39, 0.29) is 11.9 Å². The van der Waals surface area contributed by atoms with Crippen LogP contribution in [0.1, 0.15) is 53.1 Å². The first kappa shape index (κ1) is 17.5. The van der Waals surface area contributed by atoms with E-state index in [1.807, 2.05) is 43.9 Å². The fraction of sp³-hybridized carbons (Fsp3) is 0.381. The van der Waals surface area contributed by atoms with Crippen LogP contribution in [0.2, 0.25) is 0 Å². The molecule has 0 radical (unpaired) electrons. The Kier molecular flexibility index (Phi) is 4.56. The predicted molar refractivity (Wildman–Crippen MR) is 102 cm³/mol. The summed E-state index contributed by atoms with van der Waals surface area (Å²) in [6.45, 7) is 7.05. The number of rotatable bonds is 4. The molecule has 140 valence electrons. The maximum Gasteiger partial charge on any atom is 0.258 e. The minimum Gasteiger partial charge on any atom is -0.494 e. The van der Waals surface area contributed by atoms with E-state index >= 15 is 0 Å². The van der Waals surface area contributed by atoms with Gasteiger partial charge in [0.05, 0.1) is 29.3 Å². The summed E-state index contributed by atoms with van der Waals surface area (Å²) in [5, 5.41) is 4.70. The first-order chi connectivity index (χ1) is 13.1.